The number of carbonyl (C=O) groups excluding carboxylic acids is 1. The summed E-state index contributed by atoms with van der Waals surface area (Å²) in [6, 6.07) is 9.79. The highest BCUT2D eigenvalue weighted by molar-refractivity contribution is 6.31. The Hall–Kier alpha value is -2.80. The van der Waals surface area contributed by atoms with Crippen LogP contribution >= 0.6 is 11.6 Å². The topological polar surface area (TPSA) is 78.0 Å². The van der Waals surface area contributed by atoms with Crippen LogP contribution < -0.4 is 29.6 Å². The molecule has 2 N–H and O–H groups in total. The number of halogens is 1. The average Bonchev–Trinajstić information content (AvgIpc) is 2.65. The lowest BCUT2D eigenvalue weighted by Crippen LogP contribution is -2.32. The van der Waals surface area contributed by atoms with E-state index in [0.717, 1.165) is 0 Å². The summed E-state index contributed by atoms with van der Waals surface area (Å²) in [7, 11) is 4.64. The molecule has 0 saturated carbocycles. The Kier molecular flexibility index (Phi) is 7.23. The van der Waals surface area contributed by atoms with Crippen LogP contribution in [0.4, 0.5) is 10.5 Å². The molecule has 0 saturated heterocycles. The smallest absolute Gasteiger partial charge is 0.319 e. The lowest BCUT2D eigenvalue weighted by Gasteiger charge is -2.13. The molecule has 0 heterocycles. The summed E-state index contributed by atoms with van der Waals surface area (Å²) in [6.45, 7) is 0.574. The van der Waals surface area contributed by atoms with Crippen LogP contribution in [0.3, 0.4) is 0 Å². The number of amides is 2. The molecule has 0 fully saturated rings. The van der Waals surface area contributed by atoms with Crippen LogP contribution in [-0.4, -0.2) is 40.5 Å². The second-order valence-corrected chi connectivity index (χ2v) is 5.56. The number of methoxy groups -OCH3 is 3. The van der Waals surface area contributed by atoms with Gasteiger partial charge in [-0.1, -0.05) is 11.6 Å². The van der Waals surface area contributed by atoms with Gasteiger partial charge in [-0.25, -0.2) is 4.79 Å². The standard InChI is InChI=1S/C18H21ClN2O5/c1-23-13-9-14(24-2)11-15(10-13)26-7-6-20-18(22)21-16-8-12(19)4-5-17(16)25-3/h4-5,8-11H,6-7H2,1-3H3,(H2,20,21,22). The Bertz CT molecular complexity index is 732. The summed E-state index contributed by atoms with van der Waals surface area (Å²) in [5, 5.41) is 5.87. The first-order valence-corrected chi connectivity index (χ1v) is 8.17. The van der Waals surface area contributed by atoms with Crippen molar-refractivity contribution in [1.82, 2.24) is 5.32 Å². The Morgan fingerprint density at radius 1 is 0.962 bits per heavy atom. The van der Waals surface area contributed by atoms with Gasteiger partial charge in [0.25, 0.3) is 0 Å². The zero-order chi connectivity index (χ0) is 18.9. The van der Waals surface area contributed by atoms with Crippen LogP contribution in [0, 0.1) is 0 Å². The molecule has 0 spiro atoms. The molecule has 0 radical (unpaired) electrons. The number of nitrogens with one attached hydrogen (secondary N) is 2. The molecule has 0 aliphatic carbocycles. The van der Waals surface area contributed by atoms with Crippen LogP contribution in [-0.2, 0) is 0 Å². The van der Waals surface area contributed by atoms with E-state index in [1.54, 1.807) is 50.6 Å². The van der Waals surface area contributed by atoms with Crippen LogP contribution in [0.1, 0.15) is 0 Å². The second-order valence-electron chi connectivity index (χ2n) is 5.12. The molecule has 2 aromatic carbocycles. The highest BCUT2D eigenvalue weighted by atomic mass is 35.5. The van der Waals surface area contributed by atoms with Crippen LogP contribution in [0.5, 0.6) is 23.0 Å². The fraction of sp³-hybridized carbons (Fsp3) is 0.278. The maximum absolute atomic E-state index is 12.0. The lowest BCUT2D eigenvalue weighted by molar-refractivity contribution is 0.247. The number of hydrogen-bond acceptors (Lipinski definition) is 5. The van der Waals surface area contributed by atoms with Crippen molar-refractivity contribution in [2.75, 3.05) is 39.8 Å². The molecule has 26 heavy (non-hydrogen) atoms. The minimum atomic E-state index is -0.391. The van der Waals surface area contributed by atoms with Crippen molar-refractivity contribution in [3.63, 3.8) is 0 Å². The molecule has 7 nitrogen and oxygen atoms in total. The van der Waals surface area contributed by atoms with E-state index in [2.05, 4.69) is 10.6 Å². The first-order valence-electron chi connectivity index (χ1n) is 7.80. The lowest BCUT2D eigenvalue weighted by atomic mass is 10.3. The van der Waals surface area contributed by atoms with E-state index in [1.807, 2.05) is 0 Å². The predicted octanol–water partition coefficient (Wildman–Crippen LogP) is 3.57. The molecule has 0 bridgehead atoms. The van der Waals surface area contributed by atoms with Crippen LogP contribution in [0.15, 0.2) is 36.4 Å². The van der Waals surface area contributed by atoms with E-state index in [9.17, 15) is 4.79 Å². The van der Waals surface area contributed by atoms with Crippen molar-refractivity contribution in [3.8, 4) is 23.0 Å². The Morgan fingerprint density at radius 2 is 1.62 bits per heavy atom. The average molecular weight is 381 g/mol. The maximum Gasteiger partial charge on any atom is 0.319 e. The van der Waals surface area contributed by atoms with Gasteiger partial charge in [-0.15, -0.1) is 0 Å². The minimum absolute atomic E-state index is 0.274. The number of rotatable bonds is 8. The van der Waals surface area contributed by atoms with Gasteiger partial charge >= 0.3 is 6.03 Å². The highest BCUT2D eigenvalue weighted by Gasteiger charge is 2.08. The molecule has 8 heteroatoms. The number of anilines is 1. The molecule has 0 atom stereocenters. The van der Waals surface area contributed by atoms with E-state index >= 15 is 0 Å². The molecule has 0 aliphatic rings. The third-order valence-electron chi connectivity index (χ3n) is 3.39. The molecule has 0 aliphatic heterocycles. The monoisotopic (exact) mass is 380 g/mol. The fourth-order valence-electron chi connectivity index (χ4n) is 2.14. The van der Waals surface area contributed by atoms with Crippen molar-refractivity contribution in [2.24, 2.45) is 0 Å². The van der Waals surface area contributed by atoms with Crippen molar-refractivity contribution < 1.29 is 23.7 Å². The molecule has 2 amide bonds. The van der Waals surface area contributed by atoms with E-state index in [-0.39, 0.29) is 6.61 Å². The number of ether oxygens (including phenoxy) is 4. The summed E-state index contributed by atoms with van der Waals surface area (Å²) < 4.78 is 21.1. The first kappa shape index (κ1) is 19.5. The van der Waals surface area contributed by atoms with Crippen molar-refractivity contribution in [3.05, 3.63) is 41.4 Å². The van der Waals surface area contributed by atoms with Gasteiger partial charge < -0.3 is 29.6 Å². The SMILES string of the molecule is COc1cc(OC)cc(OCCNC(=O)Nc2cc(Cl)ccc2OC)c1. The normalized spacial score (nSPS) is 10.0. The molecular formula is C18H21ClN2O5. The zero-order valence-electron chi connectivity index (χ0n) is 14.8. The molecule has 2 aromatic rings. The third-order valence-corrected chi connectivity index (χ3v) is 3.63. The number of hydrogen-bond donors (Lipinski definition) is 2. The number of urea groups is 1. The first-order chi connectivity index (χ1) is 12.5. The maximum atomic E-state index is 12.0. The molecule has 0 aromatic heterocycles. The molecule has 2 rings (SSSR count). The Balaban J connectivity index is 1.83. The summed E-state index contributed by atoms with van der Waals surface area (Å²) in [4.78, 5) is 12.0. The summed E-state index contributed by atoms with van der Waals surface area (Å²) >= 11 is 5.93. The van der Waals surface area contributed by atoms with Crippen molar-refractivity contribution >= 4 is 23.3 Å². The minimum Gasteiger partial charge on any atom is -0.496 e. The number of benzene rings is 2. The van der Waals surface area contributed by atoms with Gasteiger partial charge in [-0.2, -0.15) is 0 Å². The summed E-state index contributed by atoms with van der Waals surface area (Å²) in [5.41, 5.74) is 0.482. The van der Waals surface area contributed by atoms with Gasteiger partial charge in [0.1, 0.15) is 29.6 Å². The molecular weight excluding hydrogens is 360 g/mol. The van der Waals surface area contributed by atoms with Crippen molar-refractivity contribution in [1.29, 1.82) is 0 Å². The summed E-state index contributed by atoms with van der Waals surface area (Å²) in [5.74, 6) is 2.35. The van der Waals surface area contributed by atoms with E-state index < -0.39 is 6.03 Å². The van der Waals surface area contributed by atoms with Gasteiger partial charge in [0.2, 0.25) is 0 Å². The third kappa shape index (κ3) is 5.63. The Labute approximate surface area is 157 Å². The predicted molar refractivity (Wildman–Crippen MR) is 100 cm³/mol. The van der Waals surface area contributed by atoms with Crippen LogP contribution in [0.2, 0.25) is 5.02 Å². The molecule has 140 valence electrons. The van der Waals surface area contributed by atoms with E-state index in [1.165, 1.54) is 7.11 Å². The van der Waals surface area contributed by atoms with Gasteiger partial charge in [0.05, 0.1) is 33.6 Å². The zero-order valence-corrected chi connectivity index (χ0v) is 15.6. The fourth-order valence-corrected chi connectivity index (χ4v) is 2.31. The van der Waals surface area contributed by atoms with Gasteiger partial charge in [-0.3, -0.25) is 0 Å². The highest BCUT2D eigenvalue weighted by Crippen LogP contribution is 2.28. The number of carbonyl (C=O) groups is 1. The van der Waals surface area contributed by atoms with E-state index in [0.29, 0.717) is 40.3 Å². The van der Waals surface area contributed by atoms with Gasteiger partial charge in [0, 0.05) is 23.2 Å². The van der Waals surface area contributed by atoms with Crippen LogP contribution in [0.25, 0.3) is 0 Å². The van der Waals surface area contributed by atoms with Gasteiger partial charge in [-0.05, 0) is 18.2 Å². The van der Waals surface area contributed by atoms with Crippen molar-refractivity contribution in [2.45, 2.75) is 0 Å². The summed E-state index contributed by atoms with van der Waals surface area (Å²) in [6.07, 6.45) is 0. The largest absolute Gasteiger partial charge is 0.496 e. The Morgan fingerprint density at radius 3 is 2.23 bits per heavy atom. The molecule has 0 unspecified atom stereocenters. The second kappa shape index (κ2) is 9.62. The van der Waals surface area contributed by atoms with Gasteiger partial charge in [0.15, 0.2) is 0 Å². The van der Waals surface area contributed by atoms with E-state index in [4.69, 9.17) is 30.5 Å². The quantitative estimate of drug-likeness (QED) is 0.684.